The molecule has 4 heterocycles. The van der Waals surface area contributed by atoms with E-state index < -0.39 is 10.0 Å². The lowest BCUT2D eigenvalue weighted by Crippen LogP contribution is -2.48. The Morgan fingerprint density at radius 1 is 1.10 bits per heavy atom. The Morgan fingerprint density at radius 2 is 1.90 bits per heavy atom. The fraction of sp³-hybridized carbons (Fsp3) is 0.650. The normalized spacial score (nSPS) is 29.8. The summed E-state index contributed by atoms with van der Waals surface area (Å²) < 4.78 is 27.0. The third-order valence-electron chi connectivity index (χ3n) is 6.97. The molecule has 2 aromatic rings. The average Bonchev–Trinajstić information content (AvgIpc) is 3.39. The molecule has 0 aromatic carbocycles. The van der Waals surface area contributed by atoms with Gasteiger partial charge < -0.3 is 4.90 Å². The third kappa shape index (κ3) is 4.19. The van der Waals surface area contributed by atoms with Gasteiger partial charge in [-0.1, -0.05) is 0 Å². The van der Waals surface area contributed by atoms with E-state index in [-0.39, 0.29) is 6.04 Å². The van der Waals surface area contributed by atoms with Gasteiger partial charge in [-0.15, -0.1) is 0 Å². The van der Waals surface area contributed by atoms with E-state index in [0.717, 1.165) is 30.8 Å². The maximum absolute atomic E-state index is 11.8. The van der Waals surface area contributed by atoms with Gasteiger partial charge in [0, 0.05) is 51.5 Å². The lowest BCUT2D eigenvalue weighted by Gasteiger charge is -2.34. The molecule has 4 unspecified atom stereocenters. The van der Waals surface area contributed by atoms with Crippen molar-refractivity contribution in [2.45, 2.75) is 37.3 Å². The topological polar surface area (TPSA) is 108 Å². The number of rotatable bonds is 4. The lowest BCUT2D eigenvalue weighted by molar-refractivity contribution is 0.276. The van der Waals surface area contributed by atoms with Gasteiger partial charge in [0.05, 0.1) is 24.2 Å². The van der Waals surface area contributed by atoms with E-state index >= 15 is 0 Å². The molecule has 1 aliphatic carbocycles. The minimum Gasteiger partial charge on any atom is -0.354 e. The molecule has 0 amide bonds. The molecule has 1 saturated carbocycles. The van der Waals surface area contributed by atoms with E-state index in [0.29, 0.717) is 44.1 Å². The summed E-state index contributed by atoms with van der Waals surface area (Å²) in [5.41, 5.74) is 9.28. The average molecular weight is 447 g/mol. The number of aryl methyl sites for hydroxylation is 1. The standard InChI is InChI=1S/C20H30N8O2S/c1-26-12-15(11-23-26)14-3-4-17-16(9-14)20(25-24-17)18-10-19(22-13-21-18)27-5-7-28(8-6-27)31(2,29)30/h10-14,16-17,20,24-25H,3-9H2,1-2H3. The number of anilines is 1. The number of piperazine rings is 1. The zero-order valence-electron chi connectivity index (χ0n) is 18.0. The molecule has 2 saturated heterocycles. The van der Waals surface area contributed by atoms with Gasteiger partial charge >= 0.3 is 0 Å². The SMILES string of the molecule is Cn1cc(C2CCC3NNC(c4cc(N5CCN(S(C)(=O)=O)CC5)ncn4)C3C2)cn1. The number of aromatic nitrogens is 4. The maximum Gasteiger partial charge on any atom is 0.211 e. The molecule has 0 radical (unpaired) electrons. The quantitative estimate of drug-likeness (QED) is 0.695. The first-order valence-corrected chi connectivity index (χ1v) is 12.7. The highest BCUT2D eigenvalue weighted by molar-refractivity contribution is 7.88. The molecule has 0 spiro atoms. The van der Waals surface area contributed by atoms with Crippen molar-refractivity contribution in [3.8, 4) is 0 Å². The summed E-state index contributed by atoms with van der Waals surface area (Å²) in [6.45, 7) is 2.24. The smallest absolute Gasteiger partial charge is 0.211 e. The number of hydrogen-bond donors (Lipinski definition) is 2. The Morgan fingerprint density at radius 3 is 2.61 bits per heavy atom. The van der Waals surface area contributed by atoms with E-state index in [9.17, 15) is 8.42 Å². The van der Waals surface area contributed by atoms with Crippen LogP contribution in [0.1, 0.15) is 42.5 Å². The number of nitrogens with one attached hydrogen (secondary N) is 2. The van der Waals surface area contributed by atoms with Crippen LogP contribution >= 0.6 is 0 Å². The Kier molecular flexibility index (Phi) is 5.45. The summed E-state index contributed by atoms with van der Waals surface area (Å²) in [4.78, 5) is 11.2. The number of hydrazine groups is 1. The first-order chi connectivity index (χ1) is 14.9. The Balaban J connectivity index is 1.30. The molecule has 0 bridgehead atoms. The molecular weight excluding hydrogens is 416 g/mol. The molecule has 3 fully saturated rings. The van der Waals surface area contributed by atoms with Crippen molar-refractivity contribution in [2.75, 3.05) is 37.3 Å². The predicted molar refractivity (Wildman–Crippen MR) is 117 cm³/mol. The lowest BCUT2D eigenvalue weighted by atomic mass is 9.73. The van der Waals surface area contributed by atoms with Crippen LogP contribution in [-0.2, 0) is 17.1 Å². The van der Waals surface area contributed by atoms with Gasteiger partial charge in [-0.05, 0) is 36.7 Å². The fourth-order valence-electron chi connectivity index (χ4n) is 5.26. The van der Waals surface area contributed by atoms with E-state index in [1.54, 1.807) is 6.33 Å². The van der Waals surface area contributed by atoms with E-state index in [2.05, 4.69) is 43.1 Å². The van der Waals surface area contributed by atoms with E-state index in [1.807, 2.05) is 17.9 Å². The monoisotopic (exact) mass is 446 g/mol. The molecule has 3 aliphatic rings. The van der Waals surface area contributed by atoms with Crippen LogP contribution in [0.15, 0.2) is 24.8 Å². The fourth-order valence-corrected chi connectivity index (χ4v) is 6.08. The highest BCUT2D eigenvalue weighted by Crippen LogP contribution is 2.43. The second-order valence-electron chi connectivity index (χ2n) is 8.94. The molecule has 11 heteroatoms. The van der Waals surface area contributed by atoms with Crippen molar-refractivity contribution in [3.05, 3.63) is 36.0 Å². The van der Waals surface area contributed by atoms with Gasteiger partial charge in [-0.25, -0.2) is 23.8 Å². The van der Waals surface area contributed by atoms with Crippen LogP contribution in [0.5, 0.6) is 0 Å². The zero-order chi connectivity index (χ0) is 21.6. The molecule has 4 atom stereocenters. The summed E-state index contributed by atoms with van der Waals surface area (Å²) in [6, 6.07) is 2.63. The minimum atomic E-state index is -3.14. The van der Waals surface area contributed by atoms with E-state index in [1.165, 1.54) is 16.1 Å². The van der Waals surface area contributed by atoms with Crippen molar-refractivity contribution >= 4 is 15.8 Å². The van der Waals surface area contributed by atoms with E-state index in [4.69, 9.17) is 0 Å². The Hall–Kier alpha value is -2.08. The summed E-state index contributed by atoms with van der Waals surface area (Å²) in [6.07, 6.45) is 10.4. The Bertz CT molecular complexity index is 1030. The summed E-state index contributed by atoms with van der Waals surface area (Å²) in [5.74, 6) is 1.83. The number of nitrogens with zero attached hydrogens (tertiary/aromatic N) is 6. The second kappa shape index (κ2) is 8.12. The maximum atomic E-state index is 11.8. The molecule has 5 rings (SSSR count). The molecule has 10 nitrogen and oxygen atoms in total. The molecule has 2 aromatic heterocycles. The zero-order valence-corrected chi connectivity index (χ0v) is 18.8. The van der Waals surface area contributed by atoms with Gasteiger partial charge in [-0.2, -0.15) is 9.40 Å². The summed E-state index contributed by atoms with van der Waals surface area (Å²) in [7, 11) is -1.18. The van der Waals surface area contributed by atoms with Crippen LogP contribution in [0.25, 0.3) is 0 Å². The molecule has 2 aliphatic heterocycles. The predicted octanol–water partition coefficient (Wildman–Crippen LogP) is 0.393. The van der Waals surface area contributed by atoms with Crippen LogP contribution in [0.2, 0.25) is 0 Å². The largest absolute Gasteiger partial charge is 0.354 e. The van der Waals surface area contributed by atoms with Crippen molar-refractivity contribution in [1.29, 1.82) is 0 Å². The van der Waals surface area contributed by atoms with Crippen LogP contribution < -0.4 is 15.8 Å². The van der Waals surface area contributed by atoms with Crippen LogP contribution in [0, 0.1) is 5.92 Å². The third-order valence-corrected chi connectivity index (χ3v) is 8.28. The van der Waals surface area contributed by atoms with Crippen LogP contribution in [0.4, 0.5) is 5.82 Å². The van der Waals surface area contributed by atoms with Crippen LogP contribution in [0.3, 0.4) is 0 Å². The van der Waals surface area contributed by atoms with Gasteiger partial charge in [0.15, 0.2) is 0 Å². The number of hydrogen-bond acceptors (Lipinski definition) is 8. The van der Waals surface area contributed by atoms with Crippen molar-refractivity contribution < 1.29 is 8.42 Å². The molecular formula is C20H30N8O2S. The summed E-state index contributed by atoms with van der Waals surface area (Å²) in [5, 5.41) is 4.36. The van der Waals surface area contributed by atoms with Crippen molar-refractivity contribution in [2.24, 2.45) is 13.0 Å². The van der Waals surface area contributed by atoms with Gasteiger partial charge in [0.1, 0.15) is 12.1 Å². The molecule has 168 valence electrons. The first-order valence-electron chi connectivity index (χ1n) is 10.9. The van der Waals surface area contributed by atoms with Gasteiger partial charge in [0.25, 0.3) is 0 Å². The highest BCUT2D eigenvalue weighted by atomic mass is 32.2. The number of fused-ring (bicyclic) bond motifs is 1. The molecule has 31 heavy (non-hydrogen) atoms. The second-order valence-corrected chi connectivity index (χ2v) is 10.9. The molecule has 2 N–H and O–H groups in total. The minimum absolute atomic E-state index is 0.128. The number of sulfonamides is 1. The highest BCUT2D eigenvalue weighted by Gasteiger charge is 2.42. The van der Waals surface area contributed by atoms with Gasteiger partial charge in [0.2, 0.25) is 10.0 Å². The first kappa shape index (κ1) is 20.8. The van der Waals surface area contributed by atoms with Gasteiger partial charge in [-0.3, -0.25) is 10.1 Å². The van der Waals surface area contributed by atoms with Crippen molar-refractivity contribution in [1.82, 2.24) is 34.9 Å². The Labute approximate surface area is 183 Å². The van der Waals surface area contributed by atoms with Crippen LogP contribution in [-0.4, -0.2) is 70.9 Å². The van der Waals surface area contributed by atoms with Crippen molar-refractivity contribution in [3.63, 3.8) is 0 Å². The summed E-state index contributed by atoms with van der Waals surface area (Å²) >= 11 is 0.